The summed E-state index contributed by atoms with van der Waals surface area (Å²) in [6.45, 7) is 6.50. The first-order valence-electron chi connectivity index (χ1n) is 8.58. The molecule has 1 aromatic heterocycles. The van der Waals surface area contributed by atoms with Gasteiger partial charge in [0.15, 0.2) is 0 Å². The van der Waals surface area contributed by atoms with Crippen molar-refractivity contribution in [3.8, 4) is 0 Å². The summed E-state index contributed by atoms with van der Waals surface area (Å²) < 4.78 is 1.80. The molecule has 1 aliphatic heterocycles. The second-order valence-electron chi connectivity index (χ2n) is 6.73. The number of nitrogens with one attached hydrogen (secondary N) is 2. The van der Waals surface area contributed by atoms with Gasteiger partial charge in [-0.3, -0.25) is 9.48 Å². The Bertz CT molecular complexity index is 702. The Balaban J connectivity index is 1.58. The Morgan fingerprint density at radius 3 is 2.75 bits per heavy atom. The van der Waals surface area contributed by atoms with Gasteiger partial charge in [0, 0.05) is 38.8 Å². The maximum absolute atomic E-state index is 12.6. The molecule has 1 fully saturated rings. The van der Waals surface area contributed by atoms with Crippen LogP contribution in [0.15, 0.2) is 30.6 Å². The normalized spacial score (nSPS) is 20.3. The van der Waals surface area contributed by atoms with Crippen molar-refractivity contribution in [1.29, 1.82) is 0 Å². The van der Waals surface area contributed by atoms with E-state index >= 15 is 0 Å². The van der Waals surface area contributed by atoms with E-state index in [1.54, 1.807) is 4.68 Å². The fraction of sp³-hybridized carbons (Fsp3) is 0.474. The van der Waals surface area contributed by atoms with Crippen LogP contribution in [-0.2, 0) is 18.3 Å². The standard InChI is InChI=1S/C19H26N4O/c1-13-5-4-6-14(2)16(13)7-8-21-19(24)18-11-20-10-17(18)15-9-22-23(3)12-15/h4-6,9,12,17-18,20H,7-8,10-11H2,1-3H3,(H,21,24)/t17-,18+/m1/s1. The Morgan fingerprint density at radius 2 is 2.08 bits per heavy atom. The molecule has 2 heterocycles. The number of benzene rings is 1. The number of carbonyl (C=O) groups excluding carboxylic acids is 1. The zero-order valence-electron chi connectivity index (χ0n) is 14.7. The SMILES string of the molecule is Cc1cccc(C)c1CCNC(=O)[C@H]1CNC[C@@H]1c1cnn(C)c1. The first-order chi connectivity index (χ1) is 11.6. The van der Waals surface area contributed by atoms with Crippen molar-refractivity contribution >= 4 is 5.91 Å². The third kappa shape index (κ3) is 3.51. The summed E-state index contributed by atoms with van der Waals surface area (Å²) in [5, 5.41) is 10.7. The summed E-state index contributed by atoms with van der Waals surface area (Å²) in [4.78, 5) is 12.6. The molecule has 0 radical (unpaired) electrons. The van der Waals surface area contributed by atoms with E-state index in [0.29, 0.717) is 6.54 Å². The summed E-state index contributed by atoms with van der Waals surface area (Å²) in [6, 6.07) is 6.34. The Morgan fingerprint density at radius 1 is 1.33 bits per heavy atom. The summed E-state index contributed by atoms with van der Waals surface area (Å²) in [7, 11) is 1.91. The largest absolute Gasteiger partial charge is 0.355 e. The molecule has 1 aromatic carbocycles. The molecule has 2 aromatic rings. The molecule has 2 N–H and O–H groups in total. The lowest BCUT2D eigenvalue weighted by Gasteiger charge is -2.17. The molecule has 1 amide bonds. The van der Waals surface area contributed by atoms with Gasteiger partial charge < -0.3 is 10.6 Å². The van der Waals surface area contributed by atoms with Crippen LogP contribution in [0.25, 0.3) is 0 Å². The molecule has 3 rings (SSSR count). The first kappa shape index (κ1) is 16.7. The second-order valence-corrected chi connectivity index (χ2v) is 6.73. The zero-order chi connectivity index (χ0) is 17.1. The monoisotopic (exact) mass is 326 g/mol. The number of amides is 1. The van der Waals surface area contributed by atoms with Gasteiger partial charge in [-0.05, 0) is 42.5 Å². The van der Waals surface area contributed by atoms with Gasteiger partial charge in [-0.2, -0.15) is 5.10 Å². The molecule has 0 spiro atoms. The molecule has 2 atom stereocenters. The average molecular weight is 326 g/mol. The van der Waals surface area contributed by atoms with Crippen LogP contribution >= 0.6 is 0 Å². The van der Waals surface area contributed by atoms with Crippen LogP contribution in [0.4, 0.5) is 0 Å². The van der Waals surface area contributed by atoms with Gasteiger partial charge in [-0.1, -0.05) is 18.2 Å². The fourth-order valence-corrected chi connectivity index (χ4v) is 3.62. The topological polar surface area (TPSA) is 59.0 Å². The average Bonchev–Trinajstić information content (AvgIpc) is 3.18. The predicted molar refractivity (Wildman–Crippen MR) is 94.9 cm³/mol. The minimum Gasteiger partial charge on any atom is -0.355 e. The minimum absolute atomic E-state index is 0.0211. The molecular weight excluding hydrogens is 300 g/mol. The van der Waals surface area contributed by atoms with E-state index in [1.165, 1.54) is 16.7 Å². The molecule has 5 nitrogen and oxygen atoms in total. The van der Waals surface area contributed by atoms with E-state index in [2.05, 4.69) is 47.8 Å². The second kappa shape index (κ2) is 7.18. The van der Waals surface area contributed by atoms with Crippen LogP contribution in [0.1, 0.15) is 28.2 Å². The van der Waals surface area contributed by atoms with Gasteiger partial charge in [-0.15, -0.1) is 0 Å². The third-order valence-corrected chi connectivity index (χ3v) is 5.02. The number of hydrogen-bond acceptors (Lipinski definition) is 3. The van der Waals surface area contributed by atoms with Crippen LogP contribution in [0.5, 0.6) is 0 Å². The number of hydrogen-bond donors (Lipinski definition) is 2. The lowest BCUT2D eigenvalue weighted by Crippen LogP contribution is -2.35. The summed E-state index contributed by atoms with van der Waals surface area (Å²) in [5.41, 5.74) is 5.06. The number of nitrogens with zero attached hydrogens (tertiary/aromatic N) is 2. The highest BCUT2D eigenvalue weighted by atomic mass is 16.1. The number of aryl methyl sites for hydroxylation is 3. The molecule has 1 aliphatic rings. The Labute approximate surface area is 143 Å². The van der Waals surface area contributed by atoms with Crippen molar-refractivity contribution in [2.45, 2.75) is 26.2 Å². The molecule has 5 heteroatoms. The fourth-order valence-electron chi connectivity index (χ4n) is 3.62. The van der Waals surface area contributed by atoms with Crippen molar-refractivity contribution in [2.24, 2.45) is 13.0 Å². The summed E-state index contributed by atoms with van der Waals surface area (Å²) in [5.74, 6) is 0.325. The van der Waals surface area contributed by atoms with Crippen LogP contribution in [0.2, 0.25) is 0 Å². The van der Waals surface area contributed by atoms with Crippen molar-refractivity contribution in [3.05, 3.63) is 52.8 Å². The Kier molecular flexibility index (Phi) is 5.00. The third-order valence-electron chi connectivity index (χ3n) is 5.02. The first-order valence-corrected chi connectivity index (χ1v) is 8.58. The van der Waals surface area contributed by atoms with Crippen molar-refractivity contribution in [3.63, 3.8) is 0 Å². The quantitative estimate of drug-likeness (QED) is 0.879. The number of carbonyl (C=O) groups is 1. The predicted octanol–water partition coefficient (Wildman–Crippen LogP) is 1.70. The van der Waals surface area contributed by atoms with Crippen LogP contribution in [0, 0.1) is 19.8 Å². The molecule has 1 saturated heterocycles. The number of aromatic nitrogens is 2. The molecular formula is C19H26N4O. The lowest BCUT2D eigenvalue weighted by atomic mass is 9.90. The van der Waals surface area contributed by atoms with E-state index < -0.39 is 0 Å². The highest BCUT2D eigenvalue weighted by molar-refractivity contribution is 5.80. The summed E-state index contributed by atoms with van der Waals surface area (Å²) >= 11 is 0. The van der Waals surface area contributed by atoms with Crippen LogP contribution < -0.4 is 10.6 Å². The zero-order valence-corrected chi connectivity index (χ0v) is 14.7. The molecule has 24 heavy (non-hydrogen) atoms. The van der Waals surface area contributed by atoms with Gasteiger partial charge in [0.25, 0.3) is 0 Å². The van der Waals surface area contributed by atoms with Gasteiger partial charge in [-0.25, -0.2) is 0 Å². The van der Waals surface area contributed by atoms with E-state index in [1.807, 2.05) is 19.4 Å². The molecule has 0 saturated carbocycles. The lowest BCUT2D eigenvalue weighted by molar-refractivity contribution is -0.124. The van der Waals surface area contributed by atoms with Crippen molar-refractivity contribution in [2.75, 3.05) is 19.6 Å². The Hall–Kier alpha value is -2.14. The molecule has 128 valence electrons. The smallest absolute Gasteiger partial charge is 0.225 e. The van der Waals surface area contributed by atoms with E-state index in [-0.39, 0.29) is 17.7 Å². The van der Waals surface area contributed by atoms with E-state index in [0.717, 1.165) is 25.1 Å². The van der Waals surface area contributed by atoms with Gasteiger partial charge in [0.2, 0.25) is 5.91 Å². The van der Waals surface area contributed by atoms with Crippen molar-refractivity contribution in [1.82, 2.24) is 20.4 Å². The summed E-state index contributed by atoms with van der Waals surface area (Å²) in [6.07, 6.45) is 4.76. The maximum atomic E-state index is 12.6. The van der Waals surface area contributed by atoms with Gasteiger partial charge in [0.1, 0.15) is 0 Å². The van der Waals surface area contributed by atoms with Gasteiger partial charge >= 0.3 is 0 Å². The highest BCUT2D eigenvalue weighted by Gasteiger charge is 2.34. The number of rotatable bonds is 5. The van der Waals surface area contributed by atoms with Crippen LogP contribution in [0.3, 0.4) is 0 Å². The van der Waals surface area contributed by atoms with Crippen LogP contribution in [-0.4, -0.2) is 35.3 Å². The molecule has 0 unspecified atom stereocenters. The van der Waals surface area contributed by atoms with Crippen molar-refractivity contribution < 1.29 is 4.79 Å². The highest BCUT2D eigenvalue weighted by Crippen LogP contribution is 2.27. The minimum atomic E-state index is -0.0211. The maximum Gasteiger partial charge on any atom is 0.225 e. The van der Waals surface area contributed by atoms with E-state index in [4.69, 9.17) is 0 Å². The molecule has 0 aliphatic carbocycles. The van der Waals surface area contributed by atoms with E-state index in [9.17, 15) is 4.79 Å². The van der Waals surface area contributed by atoms with Gasteiger partial charge in [0.05, 0.1) is 12.1 Å². The molecule has 0 bridgehead atoms.